The number of oxime groups is 1. The van der Waals surface area contributed by atoms with Crippen LogP contribution in [0.1, 0.15) is 5.56 Å². The van der Waals surface area contributed by atoms with E-state index in [4.69, 9.17) is 4.84 Å². The number of amides is 3. The predicted octanol–water partition coefficient (Wildman–Crippen LogP) is 0.545. The zero-order valence-corrected chi connectivity index (χ0v) is 9.66. The molecule has 0 aliphatic carbocycles. The van der Waals surface area contributed by atoms with Gasteiger partial charge in [-0.2, -0.15) is 0 Å². The standard InChI is InChI=1S/C12H11N3O3/c1-15-11(16)8-9(7-5-3-2-4-6-7)14-18-10(8)13-12(15)17/h2-6,8,10H,1H3,(H,13,17)/t8-,10-/m1/s1. The Hall–Kier alpha value is -2.37. The minimum absolute atomic E-state index is 0.302. The predicted molar refractivity (Wildman–Crippen MR) is 62.6 cm³/mol. The molecule has 1 aromatic carbocycles. The number of carbonyl (C=O) groups excluding carboxylic acids is 2. The minimum Gasteiger partial charge on any atom is -0.369 e. The Bertz CT molecular complexity index is 541. The Morgan fingerprint density at radius 1 is 1.28 bits per heavy atom. The van der Waals surface area contributed by atoms with E-state index in [0.29, 0.717) is 5.71 Å². The highest BCUT2D eigenvalue weighted by atomic mass is 16.7. The zero-order chi connectivity index (χ0) is 12.7. The summed E-state index contributed by atoms with van der Waals surface area (Å²) in [7, 11) is 1.44. The molecule has 0 unspecified atom stereocenters. The van der Waals surface area contributed by atoms with Crippen LogP contribution in [0.5, 0.6) is 0 Å². The van der Waals surface area contributed by atoms with Gasteiger partial charge in [0.2, 0.25) is 12.1 Å². The molecule has 3 rings (SSSR count). The molecule has 18 heavy (non-hydrogen) atoms. The summed E-state index contributed by atoms with van der Waals surface area (Å²) in [6.45, 7) is 0. The smallest absolute Gasteiger partial charge is 0.326 e. The van der Waals surface area contributed by atoms with E-state index in [2.05, 4.69) is 10.5 Å². The molecular weight excluding hydrogens is 234 g/mol. The lowest BCUT2D eigenvalue weighted by molar-refractivity contribution is -0.135. The maximum Gasteiger partial charge on any atom is 0.326 e. The van der Waals surface area contributed by atoms with E-state index in [1.807, 2.05) is 30.3 Å². The molecule has 1 fully saturated rings. The Balaban J connectivity index is 1.96. The quantitative estimate of drug-likeness (QED) is 0.785. The van der Waals surface area contributed by atoms with E-state index < -0.39 is 18.2 Å². The summed E-state index contributed by atoms with van der Waals surface area (Å²) >= 11 is 0. The van der Waals surface area contributed by atoms with E-state index >= 15 is 0 Å². The second-order valence-electron chi connectivity index (χ2n) is 4.19. The fraction of sp³-hybridized carbons (Fsp3) is 0.250. The molecular formula is C12H11N3O3. The van der Waals surface area contributed by atoms with Crippen LogP contribution in [0, 0.1) is 5.92 Å². The largest absolute Gasteiger partial charge is 0.369 e. The fourth-order valence-electron chi connectivity index (χ4n) is 2.10. The molecule has 2 aliphatic rings. The van der Waals surface area contributed by atoms with Gasteiger partial charge in [0.25, 0.3) is 0 Å². The van der Waals surface area contributed by atoms with Crippen molar-refractivity contribution in [2.45, 2.75) is 6.23 Å². The van der Waals surface area contributed by atoms with Crippen molar-refractivity contribution >= 4 is 17.6 Å². The lowest BCUT2D eigenvalue weighted by Crippen LogP contribution is -2.59. The van der Waals surface area contributed by atoms with Crippen molar-refractivity contribution in [1.82, 2.24) is 10.2 Å². The van der Waals surface area contributed by atoms with E-state index in [0.717, 1.165) is 10.5 Å². The number of nitrogens with one attached hydrogen (secondary N) is 1. The van der Waals surface area contributed by atoms with Gasteiger partial charge in [-0.05, 0) is 0 Å². The highest BCUT2D eigenvalue weighted by Crippen LogP contribution is 2.26. The van der Waals surface area contributed by atoms with Gasteiger partial charge in [0.05, 0.1) is 0 Å². The molecule has 2 atom stereocenters. The number of imide groups is 1. The Morgan fingerprint density at radius 3 is 2.72 bits per heavy atom. The molecule has 1 saturated heterocycles. The first kappa shape index (κ1) is 10.8. The third-order valence-electron chi connectivity index (χ3n) is 3.10. The van der Waals surface area contributed by atoms with Crippen LogP contribution in [0.2, 0.25) is 0 Å². The molecule has 2 heterocycles. The first-order chi connectivity index (χ1) is 8.68. The molecule has 2 aliphatic heterocycles. The monoisotopic (exact) mass is 245 g/mol. The Morgan fingerprint density at radius 2 is 2.00 bits per heavy atom. The number of rotatable bonds is 1. The molecule has 1 N–H and O–H groups in total. The van der Waals surface area contributed by atoms with Crippen molar-refractivity contribution in [3.05, 3.63) is 35.9 Å². The summed E-state index contributed by atoms with van der Waals surface area (Å²) < 4.78 is 0. The van der Waals surface area contributed by atoms with Gasteiger partial charge in [-0.3, -0.25) is 15.0 Å². The average Bonchev–Trinajstić information content (AvgIpc) is 2.81. The van der Waals surface area contributed by atoms with Crippen molar-refractivity contribution in [1.29, 1.82) is 0 Å². The molecule has 0 bridgehead atoms. The summed E-state index contributed by atoms with van der Waals surface area (Å²) in [5.74, 6) is -0.876. The summed E-state index contributed by atoms with van der Waals surface area (Å²) in [6.07, 6.45) is -0.698. The number of urea groups is 1. The van der Waals surface area contributed by atoms with Gasteiger partial charge in [0.1, 0.15) is 11.6 Å². The van der Waals surface area contributed by atoms with Crippen LogP contribution in [0.25, 0.3) is 0 Å². The Labute approximate surface area is 103 Å². The number of hydrogen-bond acceptors (Lipinski definition) is 4. The van der Waals surface area contributed by atoms with Crippen LogP contribution in [-0.2, 0) is 9.63 Å². The van der Waals surface area contributed by atoms with Crippen molar-refractivity contribution in [3.8, 4) is 0 Å². The van der Waals surface area contributed by atoms with E-state index in [1.54, 1.807) is 0 Å². The lowest BCUT2D eigenvalue weighted by atomic mass is 9.93. The second-order valence-corrected chi connectivity index (χ2v) is 4.19. The highest BCUT2D eigenvalue weighted by molar-refractivity contribution is 6.17. The summed E-state index contributed by atoms with van der Waals surface area (Å²) in [6, 6.07) is 8.85. The van der Waals surface area contributed by atoms with Gasteiger partial charge in [0.15, 0.2) is 0 Å². The SMILES string of the molecule is CN1C(=O)N[C@@H]2ON=C(c3ccccc3)[C@H]2C1=O. The van der Waals surface area contributed by atoms with Crippen LogP contribution in [0.15, 0.2) is 35.5 Å². The lowest BCUT2D eigenvalue weighted by Gasteiger charge is -2.29. The maximum absolute atomic E-state index is 12.1. The molecule has 0 saturated carbocycles. The van der Waals surface area contributed by atoms with Crippen molar-refractivity contribution in [3.63, 3.8) is 0 Å². The molecule has 6 heteroatoms. The number of fused-ring (bicyclic) bond motifs is 1. The van der Waals surface area contributed by atoms with Gasteiger partial charge in [-0.25, -0.2) is 4.79 Å². The van der Waals surface area contributed by atoms with Gasteiger partial charge in [-0.1, -0.05) is 35.5 Å². The normalized spacial score (nSPS) is 26.3. The van der Waals surface area contributed by atoms with Crippen molar-refractivity contribution in [2.75, 3.05) is 7.05 Å². The van der Waals surface area contributed by atoms with Crippen molar-refractivity contribution in [2.24, 2.45) is 11.1 Å². The maximum atomic E-state index is 12.1. The minimum atomic E-state index is -0.698. The Kier molecular flexibility index (Phi) is 2.29. The highest BCUT2D eigenvalue weighted by Gasteiger charge is 2.47. The topological polar surface area (TPSA) is 71.0 Å². The third kappa shape index (κ3) is 1.46. The summed E-state index contributed by atoms with van der Waals surface area (Å²) in [4.78, 5) is 29.7. The zero-order valence-electron chi connectivity index (χ0n) is 9.66. The molecule has 3 amide bonds. The van der Waals surface area contributed by atoms with E-state index in [-0.39, 0.29) is 5.91 Å². The van der Waals surface area contributed by atoms with Crippen molar-refractivity contribution < 1.29 is 14.4 Å². The number of hydrogen-bond donors (Lipinski definition) is 1. The first-order valence-corrected chi connectivity index (χ1v) is 5.55. The third-order valence-corrected chi connectivity index (χ3v) is 3.10. The molecule has 0 spiro atoms. The average molecular weight is 245 g/mol. The molecule has 0 radical (unpaired) electrons. The van der Waals surface area contributed by atoms with Gasteiger partial charge in [0, 0.05) is 12.6 Å². The van der Waals surface area contributed by atoms with E-state index in [9.17, 15) is 9.59 Å². The molecule has 1 aromatic rings. The second kappa shape index (κ2) is 3.83. The number of carbonyl (C=O) groups is 2. The summed E-state index contributed by atoms with van der Waals surface area (Å²) in [5.41, 5.74) is 1.38. The number of benzene rings is 1. The van der Waals surface area contributed by atoms with Crippen LogP contribution in [0.4, 0.5) is 4.79 Å². The molecule has 0 aromatic heterocycles. The molecule has 6 nitrogen and oxygen atoms in total. The number of nitrogens with zero attached hydrogens (tertiary/aromatic N) is 2. The van der Waals surface area contributed by atoms with Gasteiger partial charge >= 0.3 is 6.03 Å². The van der Waals surface area contributed by atoms with E-state index in [1.165, 1.54) is 7.05 Å². The van der Waals surface area contributed by atoms with Gasteiger partial charge in [-0.15, -0.1) is 0 Å². The van der Waals surface area contributed by atoms with Crippen LogP contribution >= 0.6 is 0 Å². The molecule has 92 valence electrons. The fourth-order valence-corrected chi connectivity index (χ4v) is 2.10. The van der Waals surface area contributed by atoms with Crippen LogP contribution in [0.3, 0.4) is 0 Å². The summed E-state index contributed by atoms with van der Waals surface area (Å²) in [5, 5.41) is 6.51. The van der Waals surface area contributed by atoms with Crippen LogP contribution in [-0.4, -0.2) is 35.8 Å². The van der Waals surface area contributed by atoms with Gasteiger partial charge < -0.3 is 4.84 Å². The van der Waals surface area contributed by atoms with Crippen LogP contribution < -0.4 is 5.32 Å². The first-order valence-electron chi connectivity index (χ1n) is 5.55.